The Morgan fingerprint density at radius 3 is 2.75 bits per heavy atom. The van der Waals surface area contributed by atoms with Gasteiger partial charge in [-0.1, -0.05) is 12.0 Å². The number of aromatic nitrogens is 1. The van der Waals surface area contributed by atoms with Gasteiger partial charge in [0.2, 0.25) is 0 Å². The highest BCUT2D eigenvalue weighted by Gasteiger charge is 2.07. The normalized spacial score (nSPS) is 12.2. The summed E-state index contributed by atoms with van der Waals surface area (Å²) in [5.74, 6) is 2.23. The van der Waals surface area contributed by atoms with Crippen LogP contribution in [0.3, 0.4) is 0 Å². The lowest BCUT2D eigenvalue weighted by Crippen LogP contribution is -2.00. The van der Waals surface area contributed by atoms with E-state index in [1.807, 2.05) is 19.9 Å². The molecule has 1 heterocycles. The molecule has 0 unspecified atom stereocenters. The smallest absolute Gasteiger partial charge is 0.156 e. The molecule has 0 spiro atoms. The number of aliphatic hydroxyl groups is 1. The fourth-order valence-electron chi connectivity index (χ4n) is 1.09. The first-order chi connectivity index (χ1) is 5.65. The van der Waals surface area contributed by atoms with Gasteiger partial charge in [-0.25, -0.2) is 0 Å². The van der Waals surface area contributed by atoms with Crippen molar-refractivity contribution >= 4 is 0 Å². The number of hydrogen-bond donors (Lipinski definition) is 1. The third-order valence-electron chi connectivity index (χ3n) is 1.67. The first-order valence-electron chi connectivity index (χ1n) is 3.72. The molecule has 1 aromatic rings. The van der Waals surface area contributed by atoms with Gasteiger partial charge in [0.25, 0.3) is 0 Å². The van der Waals surface area contributed by atoms with Gasteiger partial charge in [-0.05, 0) is 25.0 Å². The summed E-state index contributed by atoms with van der Waals surface area (Å²) in [5.41, 5.74) is 2.57. The fraction of sp³-hybridized carbons (Fsp3) is 0.300. The molecule has 0 saturated carbocycles. The second-order valence-electron chi connectivity index (χ2n) is 2.78. The Labute approximate surface area is 72.3 Å². The van der Waals surface area contributed by atoms with Gasteiger partial charge in [0.1, 0.15) is 0 Å². The summed E-state index contributed by atoms with van der Waals surface area (Å²) in [6.45, 7) is 3.84. The molecule has 2 nitrogen and oxygen atoms in total. The zero-order valence-corrected chi connectivity index (χ0v) is 7.20. The second kappa shape index (κ2) is 3.38. The Morgan fingerprint density at radius 2 is 2.25 bits per heavy atom. The molecule has 0 aliphatic heterocycles. The Bertz CT molecular complexity index is 325. The Hall–Kier alpha value is -1.33. The van der Waals surface area contributed by atoms with Crippen LogP contribution in [0, 0.1) is 26.2 Å². The maximum atomic E-state index is 9.30. The van der Waals surface area contributed by atoms with Crippen LogP contribution >= 0.6 is 0 Å². The number of hydrogen-bond acceptors (Lipinski definition) is 2. The largest absolute Gasteiger partial charge is 0.374 e. The van der Waals surface area contributed by atoms with Crippen LogP contribution in [-0.4, -0.2) is 10.1 Å². The van der Waals surface area contributed by atoms with E-state index < -0.39 is 6.10 Å². The van der Waals surface area contributed by atoms with Crippen molar-refractivity contribution in [1.82, 2.24) is 4.98 Å². The average Bonchev–Trinajstić information content (AvgIpc) is 2.03. The third kappa shape index (κ3) is 1.63. The van der Waals surface area contributed by atoms with Crippen molar-refractivity contribution in [2.24, 2.45) is 0 Å². The number of aliphatic hydroxyl groups excluding tert-OH is 1. The number of nitrogens with zero attached hydrogens (tertiary/aromatic N) is 1. The van der Waals surface area contributed by atoms with E-state index in [9.17, 15) is 5.11 Å². The highest BCUT2D eigenvalue weighted by Crippen LogP contribution is 2.14. The van der Waals surface area contributed by atoms with Gasteiger partial charge >= 0.3 is 0 Å². The molecule has 0 bridgehead atoms. The highest BCUT2D eigenvalue weighted by molar-refractivity contribution is 5.28. The molecule has 62 valence electrons. The summed E-state index contributed by atoms with van der Waals surface area (Å²) in [6.07, 6.45) is 5.88. The summed E-state index contributed by atoms with van der Waals surface area (Å²) in [4.78, 5) is 4.06. The monoisotopic (exact) mass is 161 g/mol. The zero-order chi connectivity index (χ0) is 9.14. The highest BCUT2D eigenvalue weighted by atomic mass is 16.3. The zero-order valence-electron chi connectivity index (χ0n) is 7.20. The minimum Gasteiger partial charge on any atom is -0.374 e. The molecule has 0 saturated heterocycles. The molecule has 2 heteroatoms. The van der Waals surface area contributed by atoms with Crippen molar-refractivity contribution in [2.75, 3.05) is 0 Å². The topological polar surface area (TPSA) is 33.1 Å². The number of terminal acetylenes is 1. The number of pyridine rings is 1. The fourth-order valence-corrected chi connectivity index (χ4v) is 1.09. The molecule has 1 atom stereocenters. The van der Waals surface area contributed by atoms with Gasteiger partial charge in [-0.2, -0.15) is 0 Å². The van der Waals surface area contributed by atoms with Gasteiger partial charge in [0.15, 0.2) is 6.10 Å². The van der Waals surface area contributed by atoms with E-state index in [2.05, 4.69) is 10.9 Å². The van der Waals surface area contributed by atoms with E-state index >= 15 is 0 Å². The average molecular weight is 161 g/mol. The van der Waals surface area contributed by atoms with Gasteiger partial charge in [0.05, 0.1) is 5.69 Å². The van der Waals surface area contributed by atoms with Crippen LogP contribution < -0.4 is 0 Å². The molecule has 1 aromatic heterocycles. The van der Waals surface area contributed by atoms with E-state index in [0.717, 1.165) is 11.1 Å². The van der Waals surface area contributed by atoms with Crippen molar-refractivity contribution in [3.05, 3.63) is 29.1 Å². The lowest BCUT2D eigenvalue weighted by molar-refractivity contribution is 0.232. The van der Waals surface area contributed by atoms with Gasteiger partial charge < -0.3 is 5.11 Å². The molecule has 1 rings (SSSR count). The summed E-state index contributed by atoms with van der Waals surface area (Å²) in [6, 6.07) is 1.95. The molecule has 0 amide bonds. The molecule has 0 aliphatic rings. The summed E-state index contributed by atoms with van der Waals surface area (Å²) >= 11 is 0. The molecule has 0 aromatic carbocycles. The van der Waals surface area contributed by atoms with Crippen molar-refractivity contribution < 1.29 is 5.11 Å². The molecule has 0 radical (unpaired) electrons. The van der Waals surface area contributed by atoms with Crippen LogP contribution in [0.5, 0.6) is 0 Å². The number of rotatable bonds is 1. The maximum Gasteiger partial charge on any atom is 0.156 e. The van der Waals surface area contributed by atoms with Crippen LogP contribution in [0.25, 0.3) is 0 Å². The summed E-state index contributed by atoms with van der Waals surface area (Å²) < 4.78 is 0. The maximum absolute atomic E-state index is 9.30. The molecule has 0 aliphatic carbocycles. The van der Waals surface area contributed by atoms with Crippen molar-refractivity contribution in [1.29, 1.82) is 0 Å². The predicted molar refractivity (Wildman–Crippen MR) is 47.5 cm³/mol. The quantitative estimate of drug-likeness (QED) is 0.631. The minimum absolute atomic E-state index is 0.572. The van der Waals surface area contributed by atoms with Gasteiger partial charge in [-0.3, -0.25) is 4.98 Å². The van der Waals surface area contributed by atoms with Crippen molar-refractivity contribution in [3.8, 4) is 12.3 Å². The third-order valence-corrected chi connectivity index (χ3v) is 1.67. The summed E-state index contributed by atoms with van der Waals surface area (Å²) in [5, 5.41) is 9.30. The van der Waals surface area contributed by atoms with Crippen molar-refractivity contribution in [3.63, 3.8) is 0 Å². The van der Waals surface area contributed by atoms with E-state index in [0.29, 0.717) is 5.69 Å². The predicted octanol–water partition coefficient (Wildman–Crippen LogP) is 1.37. The van der Waals surface area contributed by atoms with Crippen LogP contribution in [0.4, 0.5) is 0 Å². The lowest BCUT2D eigenvalue weighted by Gasteiger charge is -2.06. The number of aryl methyl sites for hydroxylation is 2. The first-order valence-corrected chi connectivity index (χ1v) is 3.72. The first kappa shape index (κ1) is 8.76. The lowest BCUT2D eigenvalue weighted by atomic mass is 10.1. The van der Waals surface area contributed by atoms with E-state index in [-0.39, 0.29) is 0 Å². The Balaban J connectivity index is 3.11. The van der Waals surface area contributed by atoms with Gasteiger partial charge in [-0.15, -0.1) is 6.42 Å². The Kier molecular flexibility index (Phi) is 2.47. The molecule has 12 heavy (non-hydrogen) atoms. The van der Waals surface area contributed by atoms with Crippen LogP contribution in [0.15, 0.2) is 12.3 Å². The Morgan fingerprint density at radius 1 is 1.58 bits per heavy atom. The van der Waals surface area contributed by atoms with Crippen LogP contribution in [-0.2, 0) is 0 Å². The standard InChI is InChI=1S/C10H11NO/c1-4-9(12)10-8(3)5-7(2)6-11-10/h1,5-6,9,12H,2-3H3/t9-/m1/s1. The molecule has 1 N–H and O–H groups in total. The van der Waals surface area contributed by atoms with Crippen molar-refractivity contribution in [2.45, 2.75) is 20.0 Å². The SMILES string of the molecule is C#C[C@@H](O)c1ncc(C)cc1C. The van der Waals surface area contributed by atoms with E-state index in [1.165, 1.54) is 0 Å². The molecular weight excluding hydrogens is 150 g/mol. The summed E-state index contributed by atoms with van der Waals surface area (Å²) in [7, 11) is 0. The van der Waals surface area contributed by atoms with Crippen LogP contribution in [0.2, 0.25) is 0 Å². The van der Waals surface area contributed by atoms with E-state index in [1.54, 1.807) is 6.20 Å². The van der Waals surface area contributed by atoms with E-state index in [4.69, 9.17) is 6.42 Å². The minimum atomic E-state index is -0.884. The van der Waals surface area contributed by atoms with Gasteiger partial charge in [0, 0.05) is 6.20 Å². The molecular formula is C10H11NO. The molecule has 0 fully saturated rings. The van der Waals surface area contributed by atoms with Crippen LogP contribution in [0.1, 0.15) is 22.9 Å². The second-order valence-corrected chi connectivity index (χ2v) is 2.78.